The number of methoxy groups -OCH3 is 1. The van der Waals surface area contributed by atoms with Gasteiger partial charge in [-0.3, -0.25) is 0 Å². The van der Waals surface area contributed by atoms with Crippen LogP contribution in [0.5, 0.6) is 5.88 Å². The maximum atomic E-state index is 5.32. The number of nitrogens with one attached hydrogen (secondary N) is 1. The number of aromatic nitrogens is 1. The summed E-state index contributed by atoms with van der Waals surface area (Å²) in [5.41, 5.74) is 3.43. The minimum Gasteiger partial charge on any atom is -0.481 e. The molecule has 0 aliphatic carbocycles. The lowest BCUT2D eigenvalue weighted by molar-refractivity contribution is 0.168. The molecule has 0 saturated carbocycles. The molecule has 2 unspecified atom stereocenters. The number of piperidine rings is 1. The number of likely N-dealkylation sites (tertiary alicyclic amines) is 1. The lowest BCUT2D eigenvalue weighted by Gasteiger charge is -2.35. The van der Waals surface area contributed by atoms with Crippen LogP contribution in [0.15, 0.2) is 6.07 Å². The summed E-state index contributed by atoms with van der Waals surface area (Å²) in [4.78, 5) is 7.04. The number of pyridine rings is 1. The number of rotatable bonds is 4. The zero-order valence-corrected chi connectivity index (χ0v) is 13.4. The molecule has 20 heavy (non-hydrogen) atoms. The summed E-state index contributed by atoms with van der Waals surface area (Å²) in [6.07, 6.45) is 2.42. The van der Waals surface area contributed by atoms with E-state index < -0.39 is 0 Å². The molecule has 1 aromatic heterocycles. The van der Waals surface area contributed by atoms with E-state index in [1.54, 1.807) is 7.11 Å². The highest BCUT2D eigenvalue weighted by atomic mass is 16.5. The SMILES string of the molecule is COc1nc(CNC2CCN(C)C(C)C2)c(C)cc1C. The van der Waals surface area contributed by atoms with Gasteiger partial charge in [-0.25, -0.2) is 4.98 Å². The highest BCUT2D eigenvalue weighted by molar-refractivity contribution is 5.32. The largest absolute Gasteiger partial charge is 0.481 e. The van der Waals surface area contributed by atoms with E-state index in [9.17, 15) is 0 Å². The Balaban J connectivity index is 1.97. The number of hydrogen-bond acceptors (Lipinski definition) is 4. The zero-order chi connectivity index (χ0) is 14.7. The van der Waals surface area contributed by atoms with Crippen LogP contribution in [0.3, 0.4) is 0 Å². The van der Waals surface area contributed by atoms with Gasteiger partial charge < -0.3 is 15.0 Å². The molecule has 0 bridgehead atoms. The Kier molecular flexibility index (Phi) is 5.00. The average Bonchev–Trinajstić information content (AvgIpc) is 2.41. The van der Waals surface area contributed by atoms with Gasteiger partial charge in [0.15, 0.2) is 0 Å². The maximum Gasteiger partial charge on any atom is 0.216 e. The molecular weight excluding hydrogens is 250 g/mol. The first kappa shape index (κ1) is 15.3. The first-order chi connectivity index (χ1) is 9.51. The third-order valence-electron chi connectivity index (χ3n) is 4.42. The van der Waals surface area contributed by atoms with Crippen molar-refractivity contribution in [2.75, 3.05) is 20.7 Å². The van der Waals surface area contributed by atoms with Crippen LogP contribution >= 0.6 is 0 Å². The number of aryl methyl sites for hydroxylation is 2. The summed E-state index contributed by atoms with van der Waals surface area (Å²) in [6.45, 7) is 8.45. The molecule has 1 fully saturated rings. The van der Waals surface area contributed by atoms with E-state index >= 15 is 0 Å². The molecule has 112 valence electrons. The summed E-state index contributed by atoms with van der Waals surface area (Å²) < 4.78 is 5.32. The normalized spacial score (nSPS) is 23.9. The molecule has 1 aliphatic heterocycles. The molecule has 2 rings (SSSR count). The Morgan fingerprint density at radius 3 is 2.80 bits per heavy atom. The number of ether oxygens (including phenoxy) is 1. The maximum absolute atomic E-state index is 5.32. The Morgan fingerprint density at radius 2 is 2.15 bits per heavy atom. The van der Waals surface area contributed by atoms with E-state index in [0.29, 0.717) is 12.1 Å². The number of hydrogen-bond donors (Lipinski definition) is 1. The van der Waals surface area contributed by atoms with E-state index in [1.807, 2.05) is 6.92 Å². The van der Waals surface area contributed by atoms with Crippen LogP contribution in [0.25, 0.3) is 0 Å². The van der Waals surface area contributed by atoms with Crippen molar-refractivity contribution >= 4 is 0 Å². The van der Waals surface area contributed by atoms with E-state index in [0.717, 1.165) is 23.7 Å². The zero-order valence-electron chi connectivity index (χ0n) is 13.4. The topological polar surface area (TPSA) is 37.4 Å². The minimum absolute atomic E-state index is 0.592. The van der Waals surface area contributed by atoms with E-state index in [4.69, 9.17) is 4.74 Å². The molecule has 1 saturated heterocycles. The predicted octanol–water partition coefficient (Wildman–Crippen LogP) is 2.28. The fourth-order valence-corrected chi connectivity index (χ4v) is 2.87. The van der Waals surface area contributed by atoms with Crippen LogP contribution in [-0.4, -0.2) is 42.7 Å². The fourth-order valence-electron chi connectivity index (χ4n) is 2.87. The van der Waals surface area contributed by atoms with Gasteiger partial charge in [0.2, 0.25) is 5.88 Å². The summed E-state index contributed by atoms with van der Waals surface area (Å²) in [5.74, 6) is 0.740. The van der Waals surface area contributed by atoms with Crippen molar-refractivity contribution < 1.29 is 4.74 Å². The molecule has 0 spiro atoms. The Labute approximate surface area is 122 Å². The molecule has 1 aromatic rings. The highest BCUT2D eigenvalue weighted by Crippen LogP contribution is 2.19. The standard InChI is InChI=1S/C16H27N3O/c1-11-8-12(2)16(20-5)18-15(11)10-17-14-6-7-19(4)13(3)9-14/h8,13-14,17H,6-7,9-10H2,1-5H3. The second-order valence-electron chi connectivity index (χ2n) is 6.01. The average molecular weight is 277 g/mol. The summed E-state index contributed by atoms with van der Waals surface area (Å²) in [6, 6.07) is 3.40. The first-order valence-electron chi connectivity index (χ1n) is 7.46. The highest BCUT2D eigenvalue weighted by Gasteiger charge is 2.22. The Morgan fingerprint density at radius 1 is 1.40 bits per heavy atom. The van der Waals surface area contributed by atoms with Gasteiger partial charge in [-0.15, -0.1) is 0 Å². The van der Waals surface area contributed by atoms with Crippen LogP contribution in [-0.2, 0) is 6.54 Å². The second kappa shape index (κ2) is 6.55. The van der Waals surface area contributed by atoms with Crippen LogP contribution in [0.2, 0.25) is 0 Å². The third kappa shape index (κ3) is 3.49. The molecule has 2 atom stereocenters. The van der Waals surface area contributed by atoms with Crippen molar-refractivity contribution in [2.45, 2.75) is 52.2 Å². The third-order valence-corrected chi connectivity index (χ3v) is 4.42. The molecule has 1 N–H and O–H groups in total. The van der Waals surface area contributed by atoms with Crippen molar-refractivity contribution in [1.82, 2.24) is 15.2 Å². The molecular formula is C16H27N3O. The van der Waals surface area contributed by atoms with Gasteiger partial charge in [0.05, 0.1) is 12.8 Å². The molecule has 4 heteroatoms. The molecule has 0 amide bonds. The fraction of sp³-hybridized carbons (Fsp3) is 0.688. The van der Waals surface area contributed by atoms with Crippen molar-refractivity contribution in [1.29, 1.82) is 0 Å². The minimum atomic E-state index is 0.592. The van der Waals surface area contributed by atoms with E-state index in [1.165, 1.54) is 24.9 Å². The van der Waals surface area contributed by atoms with Gasteiger partial charge >= 0.3 is 0 Å². The molecule has 4 nitrogen and oxygen atoms in total. The summed E-state index contributed by atoms with van der Waals surface area (Å²) >= 11 is 0. The van der Waals surface area contributed by atoms with Gasteiger partial charge in [0, 0.05) is 24.2 Å². The van der Waals surface area contributed by atoms with Crippen molar-refractivity contribution in [3.8, 4) is 5.88 Å². The monoisotopic (exact) mass is 277 g/mol. The van der Waals surface area contributed by atoms with E-state index in [-0.39, 0.29) is 0 Å². The van der Waals surface area contributed by atoms with Crippen LogP contribution in [0.4, 0.5) is 0 Å². The van der Waals surface area contributed by atoms with Gasteiger partial charge in [-0.2, -0.15) is 0 Å². The van der Waals surface area contributed by atoms with Crippen molar-refractivity contribution in [2.24, 2.45) is 0 Å². The first-order valence-corrected chi connectivity index (χ1v) is 7.46. The Hall–Kier alpha value is -1.13. The molecule has 0 radical (unpaired) electrons. The molecule has 0 aromatic carbocycles. The van der Waals surface area contributed by atoms with Gasteiger partial charge in [-0.05, 0) is 58.8 Å². The summed E-state index contributed by atoms with van der Waals surface area (Å²) in [7, 11) is 3.89. The van der Waals surface area contributed by atoms with Crippen molar-refractivity contribution in [3.05, 3.63) is 22.9 Å². The predicted molar refractivity (Wildman–Crippen MR) is 82.2 cm³/mol. The van der Waals surface area contributed by atoms with Crippen LogP contribution in [0, 0.1) is 13.8 Å². The molecule has 1 aliphatic rings. The van der Waals surface area contributed by atoms with E-state index in [2.05, 4.69) is 42.2 Å². The van der Waals surface area contributed by atoms with Gasteiger partial charge in [0.25, 0.3) is 0 Å². The quantitative estimate of drug-likeness (QED) is 0.916. The van der Waals surface area contributed by atoms with Gasteiger partial charge in [-0.1, -0.05) is 0 Å². The summed E-state index contributed by atoms with van der Waals surface area (Å²) in [5, 5.41) is 3.66. The van der Waals surface area contributed by atoms with Crippen LogP contribution < -0.4 is 10.1 Å². The lowest BCUT2D eigenvalue weighted by Crippen LogP contribution is -2.45. The molecule has 2 heterocycles. The van der Waals surface area contributed by atoms with Crippen LogP contribution in [0.1, 0.15) is 36.6 Å². The number of nitrogens with zero attached hydrogens (tertiary/aromatic N) is 2. The Bertz CT molecular complexity index is 461. The van der Waals surface area contributed by atoms with Gasteiger partial charge in [0.1, 0.15) is 0 Å². The second-order valence-corrected chi connectivity index (χ2v) is 6.01. The smallest absolute Gasteiger partial charge is 0.216 e. The van der Waals surface area contributed by atoms with Crippen molar-refractivity contribution in [3.63, 3.8) is 0 Å². The lowest BCUT2D eigenvalue weighted by atomic mass is 9.99.